The number of benzene rings is 2. The lowest BCUT2D eigenvalue weighted by atomic mass is 10.0. The minimum absolute atomic E-state index is 0.145. The van der Waals surface area contributed by atoms with E-state index in [9.17, 15) is 4.79 Å². The van der Waals surface area contributed by atoms with Crippen molar-refractivity contribution in [2.45, 2.75) is 6.17 Å². The summed E-state index contributed by atoms with van der Waals surface area (Å²) in [6.45, 7) is 0. The van der Waals surface area contributed by atoms with E-state index in [1.54, 1.807) is 30.6 Å². The van der Waals surface area contributed by atoms with Gasteiger partial charge in [-0.2, -0.15) is 0 Å². The normalized spacial score (nSPS) is 16.3. The third-order valence-electron chi connectivity index (χ3n) is 5.16. The molecule has 0 saturated carbocycles. The number of nitrogens with two attached hydrogens (primary N) is 1. The molecular weight excluding hydrogens is 412 g/mol. The van der Waals surface area contributed by atoms with Crippen LogP contribution in [0, 0.1) is 0 Å². The SMILES string of the molecule is CN1OC(=S)NC1c1cncc(-c2ccc3nc(N)n(-c4ccccc4)c(=O)c3c2)c1. The van der Waals surface area contributed by atoms with Crippen LogP contribution in [0.4, 0.5) is 5.95 Å². The average molecular weight is 430 g/mol. The van der Waals surface area contributed by atoms with E-state index in [1.807, 2.05) is 48.5 Å². The van der Waals surface area contributed by atoms with Gasteiger partial charge in [-0.15, -0.1) is 5.06 Å². The van der Waals surface area contributed by atoms with Crippen LogP contribution in [0.2, 0.25) is 0 Å². The highest BCUT2D eigenvalue weighted by molar-refractivity contribution is 7.80. The molecular formula is C22H18N6O2S. The number of hydrogen-bond acceptors (Lipinski definition) is 7. The van der Waals surface area contributed by atoms with Gasteiger partial charge >= 0.3 is 0 Å². The molecule has 3 heterocycles. The first-order valence-electron chi connectivity index (χ1n) is 9.55. The molecule has 3 N–H and O–H groups in total. The third kappa shape index (κ3) is 3.39. The predicted octanol–water partition coefficient (Wildman–Crippen LogP) is 2.78. The van der Waals surface area contributed by atoms with Crippen LogP contribution < -0.4 is 16.6 Å². The zero-order valence-corrected chi connectivity index (χ0v) is 17.3. The topological polar surface area (TPSA) is 98.3 Å². The Balaban J connectivity index is 1.62. The van der Waals surface area contributed by atoms with E-state index in [4.69, 9.17) is 22.8 Å². The summed E-state index contributed by atoms with van der Waals surface area (Å²) in [4.78, 5) is 27.4. The molecule has 154 valence electrons. The van der Waals surface area contributed by atoms with E-state index in [2.05, 4.69) is 15.3 Å². The van der Waals surface area contributed by atoms with E-state index in [0.29, 0.717) is 21.8 Å². The standard InChI is InChI=1S/C22H18N6O2S/c1-27-19(26-22(31)30-27)15-9-14(11-24-12-15)13-7-8-18-17(10-13)20(29)28(21(23)25-18)16-5-3-2-4-6-16/h2-12,19H,1H3,(H2,23,25)(H,26,31). The predicted molar refractivity (Wildman–Crippen MR) is 122 cm³/mol. The summed E-state index contributed by atoms with van der Waals surface area (Å²) >= 11 is 5.08. The van der Waals surface area contributed by atoms with Gasteiger partial charge in [-0.3, -0.25) is 9.78 Å². The summed E-state index contributed by atoms with van der Waals surface area (Å²) in [6.07, 6.45) is 3.26. The molecule has 0 bridgehead atoms. The number of pyridine rings is 1. The molecule has 5 rings (SSSR count). The van der Waals surface area contributed by atoms with Crippen molar-refractivity contribution in [2.75, 3.05) is 12.8 Å². The van der Waals surface area contributed by atoms with Gasteiger partial charge in [0.1, 0.15) is 6.17 Å². The third-order valence-corrected chi connectivity index (χ3v) is 5.35. The summed E-state index contributed by atoms with van der Waals surface area (Å²) in [5, 5.41) is 5.51. The van der Waals surface area contributed by atoms with Crippen molar-refractivity contribution in [3.63, 3.8) is 0 Å². The fourth-order valence-corrected chi connectivity index (χ4v) is 3.91. The minimum atomic E-state index is -0.239. The van der Waals surface area contributed by atoms with Gasteiger partial charge in [0, 0.05) is 30.6 Å². The summed E-state index contributed by atoms with van der Waals surface area (Å²) < 4.78 is 1.41. The molecule has 4 aromatic rings. The first-order valence-corrected chi connectivity index (χ1v) is 9.96. The Hall–Kier alpha value is -3.82. The molecule has 9 heteroatoms. The van der Waals surface area contributed by atoms with Crippen LogP contribution >= 0.6 is 12.2 Å². The Morgan fingerprint density at radius 3 is 2.65 bits per heavy atom. The molecule has 2 aromatic carbocycles. The summed E-state index contributed by atoms with van der Waals surface area (Å²) in [7, 11) is 1.79. The van der Waals surface area contributed by atoms with Crippen LogP contribution in [-0.2, 0) is 4.84 Å². The van der Waals surface area contributed by atoms with Crippen LogP contribution in [-0.4, -0.2) is 31.8 Å². The van der Waals surface area contributed by atoms with Crippen LogP contribution in [0.1, 0.15) is 11.7 Å². The van der Waals surface area contributed by atoms with Crippen LogP contribution in [0.15, 0.2) is 71.8 Å². The number of nitrogens with one attached hydrogen (secondary N) is 1. The number of para-hydroxylation sites is 1. The average Bonchev–Trinajstić information content (AvgIpc) is 3.12. The maximum Gasteiger partial charge on any atom is 0.280 e. The van der Waals surface area contributed by atoms with E-state index < -0.39 is 0 Å². The lowest BCUT2D eigenvalue weighted by Gasteiger charge is -2.16. The molecule has 1 aliphatic heterocycles. The van der Waals surface area contributed by atoms with Crippen molar-refractivity contribution < 1.29 is 4.84 Å². The highest BCUT2D eigenvalue weighted by Gasteiger charge is 2.28. The number of nitrogens with zero attached hydrogens (tertiary/aromatic N) is 4. The highest BCUT2D eigenvalue weighted by Crippen LogP contribution is 2.27. The van der Waals surface area contributed by atoms with Crippen molar-refractivity contribution >= 4 is 34.2 Å². The number of aromatic nitrogens is 3. The van der Waals surface area contributed by atoms with Gasteiger partial charge in [-0.1, -0.05) is 24.3 Å². The van der Waals surface area contributed by atoms with Crippen molar-refractivity contribution in [1.29, 1.82) is 0 Å². The van der Waals surface area contributed by atoms with E-state index in [1.165, 1.54) is 4.57 Å². The maximum absolute atomic E-state index is 13.3. The number of rotatable bonds is 3. The second-order valence-corrected chi connectivity index (χ2v) is 7.53. The van der Waals surface area contributed by atoms with Gasteiger partial charge in [-0.05, 0) is 48.1 Å². The molecule has 31 heavy (non-hydrogen) atoms. The molecule has 1 atom stereocenters. The number of hydroxylamine groups is 2. The Labute approximate surface area is 182 Å². The van der Waals surface area contributed by atoms with Crippen LogP contribution in [0.3, 0.4) is 0 Å². The Morgan fingerprint density at radius 2 is 1.90 bits per heavy atom. The zero-order valence-electron chi connectivity index (χ0n) is 16.5. The number of thiocarbonyl (C=S) groups is 1. The van der Waals surface area contributed by atoms with E-state index in [0.717, 1.165) is 16.7 Å². The van der Waals surface area contributed by atoms with Crippen molar-refractivity contribution in [3.8, 4) is 16.8 Å². The van der Waals surface area contributed by atoms with Gasteiger partial charge in [0.05, 0.1) is 16.6 Å². The van der Waals surface area contributed by atoms with Gasteiger partial charge in [0.2, 0.25) is 5.95 Å². The highest BCUT2D eigenvalue weighted by atomic mass is 32.1. The molecule has 1 saturated heterocycles. The molecule has 1 unspecified atom stereocenters. The number of fused-ring (bicyclic) bond motifs is 1. The second-order valence-electron chi connectivity index (χ2n) is 7.16. The lowest BCUT2D eigenvalue weighted by Crippen LogP contribution is -2.24. The Kier molecular flexibility index (Phi) is 4.61. The Bertz CT molecular complexity index is 1370. The number of anilines is 1. The van der Waals surface area contributed by atoms with Gasteiger partial charge < -0.3 is 15.9 Å². The first-order chi connectivity index (χ1) is 15.0. The monoisotopic (exact) mass is 430 g/mol. The summed E-state index contributed by atoms with van der Waals surface area (Å²) in [6, 6.07) is 16.7. The van der Waals surface area contributed by atoms with E-state index in [-0.39, 0.29) is 17.7 Å². The smallest absolute Gasteiger partial charge is 0.280 e. The molecule has 1 fully saturated rings. The van der Waals surface area contributed by atoms with Gasteiger partial charge in [-0.25, -0.2) is 9.55 Å². The van der Waals surface area contributed by atoms with Crippen molar-refractivity contribution in [1.82, 2.24) is 24.9 Å². The molecule has 0 radical (unpaired) electrons. The van der Waals surface area contributed by atoms with Crippen molar-refractivity contribution in [2.24, 2.45) is 0 Å². The molecule has 0 spiro atoms. The lowest BCUT2D eigenvalue weighted by molar-refractivity contribution is -0.0495. The quantitative estimate of drug-likeness (QED) is 0.479. The second kappa shape index (κ2) is 7.46. The van der Waals surface area contributed by atoms with Crippen molar-refractivity contribution in [3.05, 3.63) is 82.9 Å². The first kappa shape index (κ1) is 19.2. The van der Waals surface area contributed by atoms with Gasteiger partial charge in [0.15, 0.2) is 0 Å². The molecule has 2 aromatic heterocycles. The fraction of sp³-hybridized carbons (Fsp3) is 0.0909. The largest absolute Gasteiger partial charge is 0.374 e. The van der Waals surface area contributed by atoms with Gasteiger partial charge in [0.25, 0.3) is 10.7 Å². The molecule has 0 amide bonds. The summed E-state index contributed by atoms with van der Waals surface area (Å²) in [5.41, 5.74) is 9.66. The molecule has 8 nitrogen and oxygen atoms in total. The fourth-order valence-electron chi connectivity index (χ4n) is 3.68. The maximum atomic E-state index is 13.3. The summed E-state index contributed by atoms with van der Waals surface area (Å²) in [5.74, 6) is 0.145. The Morgan fingerprint density at radius 1 is 1.10 bits per heavy atom. The van der Waals surface area contributed by atoms with E-state index >= 15 is 0 Å². The number of nitrogen functional groups attached to an aromatic ring is 1. The molecule has 0 aliphatic carbocycles. The molecule has 1 aliphatic rings. The minimum Gasteiger partial charge on any atom is -0.374 e. The van der Waals surface area contributed by atoms with Crippen LogP contribution in [0.25, 0.3) is 27.7 Å². The van der Waals surface area contributed by atoms with Crippen LogP contribution in [0.5, 0.6) is 0 Å². The zero-order chi connectivity index (χ0) is 21.5. The number of hydrogen-bond donors (Lipinski definition) is 2.